The molecule has 1 aliphatic rings. The van der Waals surface area contributed by atoms with Crippen LogP contribution >= 0.6 is 0 Å². The second-order valence-corrected chi connectivity index (χ2v) is 7.86. The molecule has 0 spiro atoms. The lowest BCUT2D eigenvalue weighted by atomic mass is 9.74. The van der Waals surface area contributed by atoms with E-state index in [9.17, 15) is 9.59 Å². The quantitative estimate of drug-likeness (QED) is 0.728. The lowest BCUT2D eigenvalue weighted by molar-refractivity contribution is -0.122. The van der Waals surface area contributed by atoms with Gasteiger partial charge in [0.05, 0.1) is 12.5 Å². The zero-order valence-corrected chi connectivity index (χ0v) is 16.0. The molecule has 0 saturated heterocycles. The maximum absolute atomic E-state index is 12.8. The first-order chi connectivity index (χ1) is 13.4. The van der Waals surface area contributed by atoms with Crippen LogP contribution in [-0.2, 0) is 11.3 Å². The molecule has 0 radical (unpaired) electrons. The van der Waals surface area contributed by atoms with Gasteiger partial charge < -0.3 is 11.1 Å². The molecule has 1 fully saturated rings. The zero-order chi connectivity index (χ0) is 19.7. The van der Waals surface area contributed by atoms with Gasteiger partial charge in [0.15, 0.2) is 5.65 Å². The van der Waals surface area contributed by atoms with Gasteiger partial charge in [-0.25, -0.2) is 9.48 Å². The van der Waals surface area contributed by atoms with Crippen molar-refractivity contribution in [2.45, 2.75) is 44.7 Å². The van der Waals surface area contributed by atoms with Crippen LogP contribution in [0.5, 0.6) is 0 Å². The number of nitrogens with zero attached hydrogens (tertiary/aromatic N) is 3. The molecule has 7 nitrogen and oxygen atoms in total. The van der Waals surface area contributed by atoms with E-state index in [0.29, 0.717) is 17.9 Å². The number of hydrogen-bond acceptors (Lipinski definition) is 4. The van der Waals surface area contributed by atoms with Crippen LogP contribution in [0.3, 0.4) is 0 Å². The summed E-state index contributed by atoms with van der Waals surface area (Å²) in [7, 11) is 0. The van der Waals surface area contributed by atoms with Crippen LogP contribution in [0.4, 0.5) is 5.69 Å². The number of fused-ring (bicyclic) bond motifs is 1. The Bertz CT molecular complexity index is 1070. The molecule has 7 heteroatoms. The summed E-state index contributed by atoms with van der Waals surface area (Å²) >= 11 is 0. The largest absolute Gasteiger partial charge is 0.350 e. The third-order valence-corrected chi connectivity index (χ3v) is 5.59. The fourth-order valence-corrected chi connectivity index (χ4v) is 4.01. The second kappa shape index (κ2) is 7.24. The van der Waals surface area contributed by atoms with Gasteiger partial charge in [0.1, 0.15) is 0 Å². The van der Waals surface area contributed by atoms with Gasteiger partial charge in [0.2, 0.25) is 5.91 Å². The number of nitrogens with one attached hydrogen (secondary N) is 1. The van der Waals surface area contributed by atoms with Gasteiger partial charge in [0.25, 0.3) is 0 Å². The van der Waals surface area contributed by atoms with Crippen molar-refractivity contribution in [3.05, 3.63) is 64.7 Å². The van der Waals surface area contributed by atoms with Gasteiger partial charge in [-0.05, 0) is 49.6 Å². The third-order valence-electron chi connectivity index (χ3n) is 5.59. The van der Waals surface area contributed by atoms with E-state index in [4.69, 9.17) is 5.73 Å². The molecule has 146 valence electrons. The van der Waals surface area contributed by atoms with Gasteiger partial charge in [-0.1, -0.05) is 31.0 Å². The minimum Gasteiger partial charge on any atom is -0.326 e. The average molecular weight is 379 g/mol. The van der Waals surface area contributed by atoms with Crippen LogP contribution in [0.1, 0.15) is 38.2 Å². The number of nitrogens with two attached hydrogens (primary N) is 1. The fraction of sp³-hybridized carbons (Fsp3) is 0.381. The molecule has 2 atom stereocenters. The lowest BCUT2D eigenvalue weighted by Crippen LogP contribution is -2.51. The SMILES string of the molecule is CC1(N)CCCCC1C(=O)Nc1cccc(Cn2nc3ccccn3c2=O)c1. The standard InChI is InChI=1S/C21H25N5O2/c1-21(22)11-4-2-9-17(21)19(27)23-16-8-6-7-15(13-16)14-26-20(28)25-12-5-3-10-18(25)24-26/h3,5-8,10,12-13,17H,2,4,9,11,14,22H2,1H3,(H,23,27). The lowest BCUT2D eigenvalue weighted by Gasteiger charge is -2.37. The van der Waals surface area contributed by atoms with E-state index >= 15 is 0 Å². The number of amides is 1. The van der Waals surface area contributed by atoms with Gasteiger partial charge >= 0.3 is 5.69 Å². The zero-order valence-electron chi connectivity index (χ0n) is 16.0. The summed E-state index contributed by atoms with van der Waals surface area (Å²) in [4.78, 5) is 25.2. The summed E-state index contributed by atoms with van der Waals surface area (Å²) in [5.41, 5.74) is 7.90. The van der Waals surface area contributed by atoms with E-state index in [2.05, 4.69) is 10.4 Å². The highest BCUT2D eigenvalue weighted by Crippen LogP contribution is 2.32. The number of hydrogen-bond donors (Lipinski definition) is 2. The van der Waals surface area contributed by atoms with Crippen LogP contribution in [0.15, 0.2) is 53.5 Å². The molecule has 0 bridgehead atoms. The molecular weight excluding hydrogens is 354 g/mol. The minimum absolute atomic E-state index is 0.0354. The number of pyridine rings is 1. The van der Waals surface area contributed by atoms with Crippen LogP contribution in [0, 0.1) is 5.92 Å². The molecule has 1 amide bonds. The highest BCUT2D eigenvalue weighted by Gasteiger charge is 2.37. The van der Waals surface area contributed by atoms with Gasteiger partial charge in [0, 0.05) is 17.4 Å². The molecule has 28 heavy (non-hydrogen) atoms. The molecule has 2 aromatic heterocycles. The molecule has 3 aromatic rings. The van der Waals surface area contributed by atoms with Gasteiger partial charge in [-0.15, -0.1) is 5.10 Å². The first kappa shape index (κ1) is 18.4. The Kier molecular flexibility index (Phi) is 4.77. The third kappa shape index (κ3) is 3.57. The summed E-state index contributed by atoms with van der Waals surface area (Å²) in [5.74, 6) is -0.224. The van der Waals surface area contributed by atoms with Crippen LogP contribution in [-0.4, -0.2) is 25.6 Å². The van der Waals surface area contributed by atoms with E-state index < -0.39 is 5.54 Å². The highest BCUT2D eigenvalue weighted by molar-refractivity contribution is 5.93. The molecule has 1 saturated carbocycles. The Morgan fingerprint density at radius 1 is 1.29 bits per heavy atom. The molecule has 1 aromatic carbocycles. The predicted molar refractivity (Wildman–Crippen MR) is 108 cm³/mol. The average Bonchev–Trinajstić information content (AvgIpc) is 2.97. The van der Waals surface area contributed by atoms with Gasteiger partial charge in [-0.2, -0.15) is 0 Å². The maximum Gasteiger partial charge on any atom is 0.350 e. The van der Waals surface area contributed by atoms with Crippen molar-refractivity contribution in [3.63, 3.8) is 0 Å². The first-order valence-corrected chi connectivity index (χ1v) is 9.67. The number of anilines is 1. The van der Waals surface area contributed by atoms with E-state index in [-0.39, 0.29) is 17.5 Å². The van der Waals surface area contributed by atoms with Crippen molar-refractivity contribution >= 4 is 17.2 Å². The Morgan fingerprint density at radius 2 is 2.14 bits per heavy atom. The van der Waals surface area contributed by atoms with E-state index in [1.54, 1.807) is 18.3 Å². The fourth-order valence-electron chi connectivity index (χ4n) is 4.01. The number of aromatic nitrogens is 3. The summed E-state index contributed by atoms with van der Waals surface area (Å²) in [6.07, 6.45) is 5.48. The highest BCUT2D eigenvalue weighted by atomic mass is 16.2. The van der Waals surface area contributed by atoms with Crippen molar-refractivity contribution in [1.82, 2.24) is 14.2 Å². The van der Waals surface area contributed by atoms with Crippen molar-refractivity contribution in [1.29, 1.82) is 0 Å². The summed E-state index contributed by atoms with van der Waals surface area (Å²) in [6, 6.07) is 13.0. The molecule has 3 N–H and O–H groups in total. The number of rotatable bonds is 4. The normalized spacial score (nSPS) is 22.3. The van der Waals surface area contributed by atoms with E-state index in [1.165, 1.54) is 9.08 Å². The van der Waals surface area contributed by atoms with Crippen molar-refractivity contribution < 1.29 is 4.79 Å². The Hall–Kier alpha value is -2.93. The molecule has 1 aliphatic carbocycles. The summed E-state index contributed by atoms with van der Waals surface area (Å²) < 4.78 is 2.94. The molecule has 2 heterocycles. The van der Waals surface area contributed by atoms with Crippen molar-refractivity contribution in [2.24, 2.45) is 11.7 Å². The Labute approximate surface area is 163 Å². The number of benzene rings is 1. The molecule has 4 rings (SSSR count). The van der Waals surface area contributed by atoms with Crippen molar-refractivity contribution in [3.8, 4) is 0 Å². The van der Waals surface area contributed by atoms with Crippen LogP contribution < -0.4 is 16.7 Å². The summed E-state index contributed by atoms with van der Waals surface area (Å²) in [6.45, 7) is 2.30. The smallest absolute Gasteiger partial charge is 0.326 e. The maximum atomic E-state index is 12.8. The second-order valence-electron chi connectivity index (χ2n) is 7.86. The molecule has 0 aliphatic heterocycles. The topological polar surface area (TPSA) is 94.4 Å². The van der Waals surface area contributed by atoms with E-state index in [0.717, 1.165) is 31.2 Å². The monoisotopic (exact) mass is 379 g/mol. The summed E-state index contributed by atoms with van der Waals surface area (Å²) in [5, 5.41) is 7.36. The predicted octanol–water partition coefficient (Wildman–Crippen LogP) is 2.39. The number of carbonyl (C=O) groups is 1. The molecular formula is C21H25N5O2. The van der Waals surface area contributed by atoms with E-state index in [1.807, 2.05) is 37.3 Å². The number of carbonyl (C=O) groups excluding carboxylic acids is 1. The molecule has 2 unspecified atom stereocenters. The Morgan fingerprint density at radius 3 is 2.93 bits per heavy atom. The van der Waals surface area contributed by atoms with Gasteiger partial charge in [-0.3, -0.25) is 9.20 Å². The Balaban J connectivity index is 1.52. The van der Waals surface area contributed by atoms with Crippen molar-refractivity contribution in [2.75, 3.05) is 5.32 Å². The first-order valence-electron chi connectivity index (χ1n) is 9.67. The van der Waals surface area contributed by atoms with Crippen LogP contribution in [0.25, 0.3) is 5.65 Å². The minimum atomic E-state index is -0.468. The van der Waals surface area contributed by atoms with Crippen LogP contribution in [0.2, 0.25) is 0 Å².